The first-order valence-electron chi connectivity index (χ1n) is 6.29. The van der Waals surface area contributed by atoms with Crippen molar-refractivity contribution in [2.75, 3.05) is 0 Å². The van der Waals surface area contributed by atoms with E-state index in [2.05, 4.69) is 4.98 Å². The minimum atomic E-state index is -1.13. The Morgan fingerprint density at radius 1 is 1.24 bits per heavy atom. The van der Waals surface area contributed by atoms with Crippen LogP contribution in [0.25, 0.3) is 22.3 Å². The third-order valence-corrected chi connectivity index (χ3v) is 3.30. The van der Waals surface area contributed by atoms with E-state index in [1.165, 1.54) is 12.1 Å². The smallest absolute Gasteiger partial charge is 0.339 e. The third-order valence-electron chi connectivity index (χ3n) is 3.30. The lowest BCUT2D eigenvalue weighted by molar-refractivity contribution is 0.0698. The first-order valence-corrected chi connectivity index (χ1v) is 6.29. The molecule has 3 aromatic rings. The quantitative estimate of drug-likeness (QED) is 0.781. The monoisotopic (exact) mass is 281 g/mol. The molecule has 1 aromatic carbocycles. The normalized spacial score (nSPS) is 10.7. The van der Waals surface area contributed by atoms with Crippen LogP contribution in [0.2, 0.25) is 0 Å². The van der Waals surface area contributed by atoms with E-state index in [9.17, 15) is 14.7 Å². The highest BCUT2D eigenvalue weighted by atomic mass is 16.4. The molecule has 0 saturated carbocycles. The van der Waals surface area contributed by atoms with Crippen molar-refractivity contribution in [3.63, 3.8) is 0 Å². The van der Waals surface area contributed by atoms with Gasteiger partial charge in [0.05, 0.1) is 5.39 Å². The summed E-state index contributed by atoms with van der Waals surface area (Å²) >= 11 is 0. The van der Waals surface area contributed by atoms with E-state index in [0.29, 0.717) is 16.9 Å². The molecule has 0 amide bonds. The highest BCUT2D eigenvalue weighted by molar-refractivity contribution is 6.01. The number of pyridine rings is 1. The molecule has 0 aliphatic rings. The first-order chi connectivity index (χ1) is 10.1. The van der Waals surface area contributed by atoms with E-state index in [4.69, 9.17) is 4.42 Å². The van der Waals surface area contributed by atoms with E-state index in [1.54, 1.807) is 37.5 Å². The Morgan fingerprint density at radius 3 is 2.71 bits per heavy atom. The second kappa shape index (κ2) is 4.86. The van der Waals surface area contributed by atoms with Gasteiger partial charge in [-0.3, -0.25) is 9.78 Å². The van der Waals surface area contributed by atoms with Gasteiger partial charge in [0.1, 0.15) is 11.3 Å². The molecule has 0 radical (unpaired) electrons. The zero-order valence-electron chi connectivity index (χ0n) is 11.2. The van der Waals surface area contributed by atoms with Gasteiger partial charge in [-0.05, 0) is 31.2 Å². The number of nitrogens with zero attached hydrogens (tertiary/aromatic N) is 1. The van der Waals surface area contributed by atoms with Crippen LogP contribution in [0.1, 0.15) is 15.9 Å². The number of aromatic carboxylic acids is 1. The van der Waals surface area contributed by atoms with Gasteiger partial charge in [-0.25, -0.2) is 4.79 Å². The van der Waals surface area contributed by atoms with Gasteiger partial charge >= 0.3 is 5.97 Å². The summed E-state index contributed by atoms with van der Waals surface area (Å²) in [5.74, 6) is -0.793. The van der Waals surface area contributed by atoms with Crippen molar-refractivity contribution in [2.24, 2.45) is 0 Å². The fraction of sp³-hybridized carbons (Fsp3) is 0.0625. The van der Waals surface area contributed by atoms with Gasteiger partial charge in [0.15, 0.2) is 11.0 Å². The van der Waals surface area contributed by atoms with Crippen molar-refractivity contribution >= 4 is 16.9 Å². The van der Waals surface area contributed by atoms with Gasteiger partial charge in [0.2, 0.25) is 0 Å². The van der Waals surface area contributed by atoms with Crippen LogP contribution in [0.4, 0.5) is 0 Å². The van der Waals surface area contributed by atoms with Crippen LogP contribution in [-0.4, -0.2) is 16.1 Å². The molecule has 5 nitrogen and oxygen atoms in total. The lowest BCUT2D eigenvalue weighted by atomic mass is 10.1. The second-order valence-corrected chi connectivity index (χ2v) is 4.61. The molecule has 2 heterocycles. The van der Waals surface area contributed by atoms with Crippen LogP contribution < -0.4 is 5.43 Å². The molecule has 3 rings (SSSR count). The summed E-state index contributed by atoms with van der Waals surface area (Å²) in [7, 11) is 0. The topological polar surface area (TPSA) is 80.4 Å². The Morgan fingerprint density at radius 2 is 2.05 bits per heavy atom. The molecule has 21 heavy (non-hydrogen) atoms. The molecule has 0 spiro atoms. The lowest BCUT2D eigenvalue weighted by Crippen LogP contribution is -2.09. The number of aromatic nitrogens is 1. The van der Waals surface area contributed by atoms with Crippen LogP contribution in [0.3, 0.4) is 0 Å². The maximum Gasteiger partial charge on any atom is 0.339 e. The molecule has 0 fully saturated rings. The molecular formula is C16H11NO4. The molecule has 5 heteroatoms. The van der Waals surface area contributed by atoms with Crippen molar-refractivity contribution in [2.45, 2.75) is 6.92 Å². The summed E-state index contributed by atoms with van der Waals surface area (Å²) in [6.07, 6.45) is 3.18. The minimum Gasteiger partial charge on any atom is -0.478 e. The van der Waals surface area contributed by atoms with Gasteiger partial charge in [-0.15, -0.1) is 0 Å². The fourth-order valence-corrected chi connectivity index (χ4v) is 2.25. The van der Waals surface area contributed by atoms with E-state index in [-0.39, 0.29) is 22.0 Å². The van der Waals surface area contributed by atoms with Gasteiger partial charge in [0.25, 0.3) is 0 Å². The molecular weight excluding hydrogens is 270 g/mol. The number of benzene rings is 1. The fourth-order valence-electron chi connectivity index (χ4n) is 2.25. The molecule has 0 aliphatic heterocycles. The lowest BCUT2D eigenvalue weighted by Gasteiger charge is -2.08. The zero-order valence-corrected chi connectivity index (χ0v) is 11.2. The largest absolute Gasteiger partial charge is 0.478 e. The van der Waals surface area contributed by atoms with Crippen molar-refractivity contribution in [3.8, 4) is 11.3 Å². The number of rotatable bonds is 2. The molecule has 0 saturated heterocycles. The second-order valence-electron chi connectivity index (χ2n) is 4.61. The summed E-state index contributed by atoms with van der Waals surface area (Å²) < 4.78 is 5.73. The van der Waals surface area contributed by atoms with Crippen LogP contribution >= 0.6 is 0 Å². The average molecular weight is 281 g/mol. The minimum absolute atomic E-state index is 0.0326. The van der Waals surface area contributed by atoms with E-state index in [0.717, 1.165) is 0 Å². The molecule has 0 bridgehead atoms. The highest BCUT2D eigenvalue weighted by Crippen LogP contribution is 2.26. The number of para-hydroxylation sites is 1. The summed E-state index contributed by atoms with van der Waals surface area (Å²) in [5.41, 5.74) is 0.875. The van der Waals surface area contributed by atoms with Crippen molar-refractivity contribution < 1.29 is 14.3 Å². The summed E-state index contributed by atoms with van der Waals surface area (Å²) in [4.78, 5) is 27.7. The van der Waals surface area contributed by atoms with Gasteiger partial charge in [-0.2, -0.15) is 0 Å². The zero-order chi connectivity index (χ0) is 15.0. The van der Waals surface area contributed by atoms with Gasteiger partial charge in [-0.1, -0.05) is 6.07 Å². The van der Waals surface area contributed by atoms with Crippen molar-refractivity contribution in [1.29, 1.82) is 0 Å². The molecule has 0 aliphatic carbocycles. The van der Waals surface area contributed by atoms with Crippen LogP contribution in [-0.2, 0) is 0 Å². The Kier molecular flexibility index (Phi) is 3.02. The molecule has 0 atom stereocenters. The first kappa shape index (κ1) is 13.1. The Labute approximate surface area is 119 Å². The molecule has 104 valence electrons. The van der Waals surface area contributed by atoms with E-state index < -0.39 is 5.97 Å². The standard InChI is InChI=1S/C16H11NO4/c1-9-13(18)11-5-2-6-12(16(19)20)15(11)21-14(9)10-4-3-7-17-8-10/h2-8H,1H3,(H,19,20). The molecule has 1 N–H and O–H groups in total. The number of hydrogen-bond acceptors (Lipinski definition) is 4. The predicted molar refractivity (Wildman–Crippen MR) is 77.4 cm³/mol. The van der Waals surface area contributed by atoms with Gasteiger partial charge in [0, 0.05) is 23.5 Å². The molecule has 2 aromatic heterocycles. The number of carboxylic acids is 1. The maximum atomic E-state index is 12.4. The SMILES string of the molecule is Cc1c(-c2cccnc2)oc2c(C(=O)O)cccc2c1=O. The van der Waals surface area contributed by atoms with E-state index in [1.807, 2.05) is 0 Å². The summed E-state index contributed by atoms with van der Waals surface area (Å²) in [5, 5.41) is 9.49. The summed E-state index contributed by atoms with van der Waals surface area (Å²) in [6.45, 7) is 1.65. The van der Waals surface area contributed by atoms with Gasteiger partial charge < -0.3 is 9.52 Å². The average Bonchev–Trinajstić information content (AvgIpc) is 2.51. The van der Waals surface area contributed by atoms with E-state index >= 15 is 0 Å². The third kappa shape index (κ3) is 2.08. The highest BCUT2D eigenvalue weighted by Gasteiger charge is 2.17. The summed E-state index contributed by atoms with van der Waals surface area (Å²) in [6, 6.07) is 7.99. The van der Waals surface area contributed by atoms with Crippen LogP contribution in [0.5, 0.6) is 0 Å². The number of fused-ring (bicyclic) bond motifs is 1. The Balaban J connectivity index is 2.43. The molecule has 0 unspecified atom stereocenters. The maximum absolute atomic E-state index is 12.4. The van der Waals surface area contributed by atoms with Crippen molar-refractivity contribution in [3.05, 3.63) is 64.1 Å². The Hall–Kier alpha value is -2.95. The van der Waals surface area contributed by atoms with Crippen LogP contribution in [0.15, 0.2) is 51.9 Å². The van der Waals surface area contributed by atoms with Crippen molar-refractivity contribution in [1.82, 2.24) is 4.98 Å². The number of carbonyl (C=O) groups is 1. The Bertz CT molecular complexity index is 897. The van der Waals surface area contributed by atoms with Crippen LogP contribution in [0, 0.1) is 6.92 Å². The predicted octanol–water partition coefficient (Wildman–Crippen LogP) is 2.86. The number of hydrogen-bond donors (Lipinski definition) is 1. The number of carboxylic acid groups (broad SMARTS) is 1.